The molecule has 2 fully saturated rings. The zero-order chi connectivity index (χ0) is 15.3. The van der Waals surface area contributed by atoms with Gasteiger partial charge in [0, 0.05) is 32.7 Å². The molecule has 1 saturated carbocycles. The molecule has 2 rings (SSSR count). The fourth-order valence-electron chi connectivity index (χ4n) is 3.26. The molecule has 4 nitrogen and oxygen atoms in total. The molecule has 2 unspecified atom stereocenters. The van der Waals surface area contributed by atoms with Crippen LogP contribution in [0.5, 0.6) is 0 Å². The van der Waals surface area contributed by atoms with Crippen molar-refractivity contribution in [1.29, 1.82) is 0 Å². The molecule has 0 spiro atoms. The molecule has 2 aliphatic rings. The predicted octanol–water partition coefficient (Wildman–Crippen LogP) is 3.41. The lowest BCUT2D eigenvalue weighted by molar-refractivity contribution is -0.0835. The SMILES string of the molecule is CN=C(NCCC1CC1)NCC1CCCOC1C(C)(C)C.I. The van der Waals surface area contributed by atoms with Crippen molar-refractivity contribution in [2.24, 2.45) is 22.2 Å². The molecule has 2 N–H and O–H groups in total. The molecule has 1 aliphatic heterocycles. The topological polar surface area (TPSA) is 45.7 Å². The van der Waals surface area contributed by atoms with Crippen molar-refractivity contribution in [2.45, 2.75) is 59.0 Å². The fourth-order valence-corrected chi connectivity index (χ4v) is 3.26. The number of guanidine groups is 1. The standard InChI is InChI=1S/C17H33N3O.HI/c1-17(2,3)15-14(6-5-11-21-15)12-20-16(18-4)19-10-9-13-7-8-13;/h13-15H,5-12H2,1-4H3,(H2,18,19,20);1H. The summed E-state index contributed by atoms with van der Waals surface area (Å²) in [5.41, 5.74) is 0.204. The quantitative estimate of drug-likeness (QED) is 0.405. The average molecular weight is 423 g/mol. The first-order chi connectivity index (χ1) is 10.0. The predicted molar refractivity (Wildman–Crippen MR) is 104 cm³/mol. The lowest BCUT2D eigenvalue weighted by Gasteiger charge is -2.40. The molecule has 0 aromatic heterocycles. The van der Waals surface area contributed by atoms with Gasteiger partial charge in [0.2, 0.25) is 0 Å². The monoisotopic (exact) mass is 423 g/mol. The van der Waals surface area contributed by atoms with Crippen LogP contribution in [0, 0.1) is 17.3 Å². The fraction of sp³-hybridized carbons (Fsp3) is 0.941. The second-order valence-electron chi connectivity index (χ2n) is 7.67. The highest BCUT2D eigenvalue weighted by Crippen LogP contribution is 2.33. The first-order valence-corrected chi connectivity index (χ1v) is 8.57. The van der Waals surface area contributed by atoms with Gasteiger partial charge in [0.05, 0.1) is 6.10 Å². The Morgan fingerprint density at radius 3 is 2.50 bits per heavy atom. The van der Waals surface area contributed by atoms with Gasteiger partial charge in [0.15, 0.2) is 5.96 Å². The number of ether oxygens (including phenoxy) is 1. The minimum atomic E-state index is 0. The third-order valence-electron chi connectivity index (χ3n) is 4.60. The summed E-state index contributed by atoms with van der Waals surface area (Å²) < 4.78 is 6.04. The van der Waals surface area contributed by atoms with Gasteiger partial charge in [-0.15, -0.1) is 24.0 Å². The van der Waals surface area contributed by atoms with Gasteiger partial charge in [-0.1, -0.05) is 33.6 Å². The van der Waals surface area contributed by atoms with Crippen LogP contribution in [0.25, 0.3) is 0 Å². The Kier molecular flexibility index (Phi) is 8.46. The second-order valence-corrected chi connectivity index (χ2v) is 7.67. The Morgan fingerprint density at radius 1 is 1.18 bits per heavy atom. The Balaban J connectivity index is 0.00000242. The first kappa shape index (κ1) is 20.0. The maximum Gasteiger partial charge on any atom is 0.190 e. The molecule has 0 aromatic rings. The summed E-state index contributed by atoms with van der Waals surface area (Å²) in [6.45, 7) is 9.72. The highest BCUT2D eigenvalue weighted by Gasteiger charge is 2.35. The minimum absolute atomic E-state index is 0. The summed E-state index contributed by atoms with van der Waals surface area (Å²) in [5.74, 6) is 2.47. The molecule has 1 heterocycles. The van der Waals surface area contributed by atoms with Gasteiger partial charge < -0.3 is 15.4 Å². The van der Waals surface area contributed by atoms with Gasteiger partial charge in [0.1, 0.15) is 0 Å². The molecule has 130 valence electrons. The summed E-state index contributed by atoms with van der Waals surface area (Å²) in [7, 11) is 1.85. The van der Waals surface area contributed by atoms with Crippen molar-refractivity contribution in [3.8, 4) is 0 Å². The van der Waals surface area contributed by atoms with Crippen molar-refractivity contribution in [2.75, 3.05) is 26.7 Å². The minimum Gasteiger partial charge on any atom is -0.377 e. The molecule has 5 heteroatoms. The zero-order valence-corrected chi connectivity index (χ0v) is 17.0. The van der Waals surface area contributed by atoms with E-state index in [0.717, 1.165) is 31.6 Å². The lowest BCUT2D eigenvalue weighted by Crippen LogP contribution is -2.47. The number of hydrogen-bond acceptors (Lipinski definition) is 2. The largest absolute Gasteiger partial charge is 0.377 e. The number of hydrogen-bond donors (Lipinski definition) is 2. The van der Waals surface area contributed by atoms with Gasteiger partial charge in [0.25, 0.3) is 0 Å². The van der Waals surface area contributed by atoms with Gasteiger partial charge in [-0.05, 0) is 30.6 Å². The average Bonchev–Trinajstić information content (AvgIpc) is 3.26. The van der Waals surface area contributed by atoms with Crippen LogP contribution in [0.2, 0.25) is 0 Å². The van der Waals surface area contributed by atoms with Crippen LogP contribution in [0.1, 0.15) is 52.9 Å². The van der Waals surface area contributed by atoms with Gasteiger partial charge >= 0.3 is 0 Å². The normalized spacial score (nSPS) is 26.3. The molecular formula is C17H34IN3O. The van der Waals surface area contributed by atoms with Crippen molar-refractivity contribution in [3.05, 3.63) is 0 Å². The third kappa shape index (κ3) is 6.60. The Labute approximate surface area is 153 Å². The summed E-state index contributed by atoms with van der Waals surface area (Å²) in [4.78, 5) is 4.33. The van der Waals surface area contributed by atoms with Crippen molar-refractivity contribution >= 4 is 29.9 Å². The Morgan fingerprint density at radius 2 is 1.91 bits per heavy atom. The van der Waals surface area contributed by atoms with Crippen LogP contribution in [0.3, 0.4) is 0 Å². The molecule has 1 aliphatic carbocycles. The van der Waals surface area contributed by atoms with Crippen LogP contribution in [0.15, 0.2) is 4.99 Å². The summed E-state index contributed by atoms with van der Waals surface area (Å²) in [5, 5.41) is 6.93. The maximum absolute atomic E-state index is 6.04. The van der Waals surface area contributed by atoms with E-state index in [9.17, 15) is 0 Å². The van der Waals surface area contributed by atoms with E-state index in [1.807, 2.05) is 7.05 Å². The highest BCUT2D eigenvalue weighted by atomic mass is 127. The zero-order valence-electron chi connectivity index (χ0n) is 14.7. The van der Waals surface area contributed by atoms with Crippen LogP contribution in [-0.2, 0) is 4.74 Å². The molecule has 22 heavy (non-hydrogen) atoms. The highest BCUT2D eigenvalue weighted by molar-refractivity contribution is 14.0. The van der Waals surface area contributed by atoms with E-state index in [1.165, 1.54) is 32.1 Å². The molecule has 0 aromatic carbocycles. The van der Waals surface area contributed by atoms with E-state index in [4.69, 9.17) is 4.74 Å². The van der Waals surface area contributed by atoms with Gasteiger partial charge in [-0.3, -0.25) is 4.99 Å². The van der Waals surface area contributed by atoms with E-state index >= 15 is 0 Å². The van der Waals surface area contributed by atoms with Crippen molar-refractivity contribution in [1.82, 2.24) is 10.6 Å². The maximum atomic E-state index is 6.04. The lowest BCUT2D eigenvalue weighted by atomic mass is 9.78. The van der Waals surface area contributed by atoms with Crippen LogP contribution in [0.4, 0.5) is 0 Å². The molecule has 0 amide bonds. The van der Waals surface area contributed by atoms with E-state index < -0.39 is 0 Å². The number of nitrogens with zero attached hydrogens (tertiary/aromatic N) is 1. The Hall–Kier alpha value is -0.0400. The summed E-state index contributed by atoms with van der Waals surface area (Å²) >= 11 is 0. The van der Waals surface area contributed by atoms with Crippen LogP contribution in [-0.4, -0.2) is 38.8 Å². The van der Waals surface area contributed by atoms with E-state index in [1.54, 1.807) is 0 Å². The van der Waals surface area contributed by atoms with E-state index in [-0.39, 0.29) is 29.4 Å². The van der Waals surface area contributed by atoms with Crippen molar-refractivity contribution in [3.63, 3.8) is 0 Å². The molecule has 0 radical (unpaired) electrons. The van der Waals surface area contributed by atoms with Gasteiger partial charge in [-0.25, -0.2) is 0 Å². The number of halogens is 1. The summed E-state index contributed by atoms with van der Waals surface area (Å²) in [6, 6.07) is 0. The molecule has 2 atom stereocenters. The first-order valence-electron chi connectivity index (χ1n) is 8.57. The van der Waals surface area contributed by atoms with Crippen LogP contribution >= 0.6 is 24.0 Å². The Bertz CT molecular complexity index is 350. The molecular weight excluding hydrogens is 389 g/mol. The molecule has 1 saturated heterocycles. The number of rotatable bonds is 5. The van der Waals surface area contributed by atoms with E-state index in [2.05, 4.69) is 36.4 Å². The van der Waals surface area contributed by atoms with E-state index in [0.29, 0.717) is 12.0 Å². The van der Waals surface area contributed by atoms with Gasteiger partial charge in [-0.2, -0.15) is 0 Å². The second kappa shape index (κ2) is 9.30. The smallest absolute Gasteiger partial charge is 0.190 e. The summed E-state index contributed by atoms with van der Waals surface area (Å²) in [6.07, 6.45) is 6.86. The van der Waals surface area contributed by atoms with Crippen molar-refractivity contribution < 1.29 is 4.74 Å². The third-order valence-corrected chi connectivity index (χ3v) is 4.60. The van der Waals surface area contributed by atoms with Crippen LogP contribution < -0.4 is 10.6 Å². The number of aliphatic imine (C=N–C) groups is 1. The molecule has 0 bridgehead atoms. The number of nitrogens with one attached hydrogen (secondary N) is 2.